The van der Waals surface area contributed by atoms with E-state index in [0.717, 1.165) is 17.9 Å². The number of anilines is 2. The average Bonchev–Trinajstić information content (AvgIpc) is 2.78. The van der Waals surface area contributed by atoms with Gasteiger partial charge in [-0.15, -0.1) is 0 Å². The van der Waals surface area contributed by atoms with E-state index in [1.165, 1.54) is 5.56 Å². The van der Waals surface area contributed by atoms with Crippen molar-refractivity contribution in [3.63, 3.8) is 0 Å². The molecule has 6 nitrogen and oxygen atoms in total. The predicted octanol–water partition coefficient (Wildman–Crippen LogP) is 4.89. The molecule has 0 aliphatic rings. The van der Waals surface area contributed by atoms with Crippen molar-refractivity contribution < 1.29 is 14.3 Å². The number of nitrogens with one attached hydrogen (secondary N) is 3. The quantitative estimate of drug-likeness (QED) is 0.438. The second kappa shape index (κ2) is 11.2. The van der Waals surface area contributed by atoms with Crippen LogP contribution in [0.15, 0.2) is 78.9 Å². The summed E-state index contributed by atoms with van der Waals surface area (Å²) in [6.07, 6.45) is 0.847. The van der Waals surface area contributed by atoms with E-state index >= 15 is 0 Å². The molecule has 3 N–H and O–H groups in total. The lowest BCUT2D eigenvalue weighted by molar-refractivity contribution is -0.114. The minimum absolute atomic E-state index is 0.104. The highest BCUT2D eigenvalue weighted by Crippen LogP contribution is 2.16. The van der Waals surface area contributed by atoms with E-state index < -0.39 is 0 Å². The molecule has 0 heterocycles. The number of hydrogen-bond acceptors (Lipinski definition) is 4. The molecule has 0 aliphatic carbocycles. The number of benzene rings is 3. The summed E-state index contributed by atoms with van der Waals surface area (Å²) in [5, 5.41) is 8.83. The van der Waals surface area contributed by atoms with Gasteiger partial charge in [0.1, 0.15) is 5.75 Å². The molecule has 0 saturated carbocycles. The second-order valence-corrected chi connectivity index (χ2v) is 8.80. The third-order valence-corrected chi connectivity index (χ3v) is 4.71. The number of carbonyl (C=O) groups is 2. The van der Waals surface area contributed by atoms with Crippen molar-refractivity contribution in [3.8, 4) is 5.75 Å². The average molecular weight is 446 g/mol. The van der Waals surface area contributed by atoms with E-state index in [1.807, 2.05) is 63.2 Å². The molecule has 0 aromatic heterocycles. The molecule has 0 saturated heterocycles. The molecule has 2 amide bonds. The first kappa shape index (κ1) is 23.9. The van der Waals surface area contributed by atoms with E-state index in [0.29, 0.717) is 17.9 Å². The molecule has 0 bridgehead atoms. The lowest BCUT2D eigenvalue weighted by Crippen LogP contribution is -2.40. The van der Waals surface area contributed by atoms with Crippen LogP contribution < -0.4 is 20.7 Å². The SMILES string of the molecule is CC(C)(C)NC(=O)c1cccc(NC(=O)CNc2ccc(OCCc3ccccc3)cc2)c1. The highest BCUT2D eigenvalue weighted by Gasteiger charge is 2.15. The fraction of sp³-hybridized carbons (Fsp3) is 0.259. The Labute approximate surface area is 195 Å². The normalized spacial score (nSPS) is 10.9. The van der Waals surface area contributed by atoms with Gasteiger partial charge in [0.05, 0.1) is 13.2 Å². The number of amides is 2. The predicted molar refractivity (Wildman–Crippen MR) is 133 cm³/mol. The summed E-state index contributed by atoms with van der Waals surface area (Å²) in [6.45, 7) is 6.47. The van der Waals surface area contributed by atoms with Crippen LogP contribution in [0.2, 0.25) is 0 Å². The van der Waals surface area contributed by atoms with E-state index in [-0.39, 0.29) is 23.9 Å². The zero-order valence-corrected chi connectivity index (χ0v) is 19.4. The molecular weight excluding hydrogens is 414 g/mol. The van der Waals surface area contributed by atoms with Crippen LogP contribution in [0, 0.1) is 0 Å². The Balaban J connectivity index is 1.44. The van der Waals surface area contributed by atoms with Crippen molar-refractivity contribution in [2.75, 3.05) is 23.8 Å². The van der Waals surface area contributed by atoms with E-state index in [1.54, 1.807) is 24.3 Å². The van der Waals surface area contributed by atoms with Crippen LogP contribution in [0.4, 0.5) is 11.4 Å². The summed E-state index contributed by atoms with van der Waals surface area (Å²) in [5.41, 5.74) is 2.80. The van der Waals surface area contributed by atoms with Crippen molar-refractivity contribution in [3.05, 3.63) is 90.0 Å². The van der Waals surface area contributed by atoms with Gasteiger partial charge in [-0.05, 0) is 68.8 Å². The van der Waals surface area contributed by atoms with Crippen LogP contribution in [0.3, 0.4) is 0 Å². The second-order valence-electron chi connectivity index (χ2n) is 8.80. The largest absolute Gasteiger partial charge is 0.493 e. The van der Waals surface area contributed by atoms with Crippen molar-refractivity contribution in [1.29, 1.82) is 0 Å². The third kappa shape index (κ3) is 8.33. The molecule has 0 unspecified atom stereocenters. The first-order valence-corrected chi connectivity index (χ1v) is 11.0. The van der Waals surface area contributed by atoms with E-state index in [2.05, 4.69) is 28.1 Å². The number of hydrogen-bond donors (Lipinski definition) is 3. The summed E-state index contributed by atoms with van der Waals surface area (Å²) in [4.78, 5) is 24.7. The Hall–Kier alpha value is -3.80. The van der Waals surface area contributed by atoms with Gasteiger partial charge in [0.25, 0.3) is 5.91 Å². The Kier molecular flexibility index (Phi) is 8.08. The van der Waals surface area contributed by atoms with Gasteiger partial charge in [-0.2, -0.15) is 0 Å². The van der Waals surface area contributed by atoms with Crippen LogP contribution in [-0.2, 0) is 11.2 Å². The molecular formula is C27H31N3O3. The molecule has 3 aromatic carbocycles. The number of rotatable bonds is 9. The summed E-state index contributed by atoms with van der Waals surface area (Å²) in [5.74, 6) is 0.403. The molecule has 6 heteroatoms. The van der Waals surface area contributed by atoms with Crippen LogP contribution in [0.1, 0.15) is 36.7 Å². The van der Waals surface area contributed by atoms with Gasteiger partial charge in [0.2, 0.25) is 5.91 Å². The fourth-order valence-corrected chi connectivity index (χ4v) is 3.14. The minimum Gasteiger partial charge on any atom is -0.493 e. The van der Waals surface area contributed by atoms with Gasteiger partial charge >= 0.3 is 0 Å². The lowest BCUT2D eigenvalue weighted by Gasteiger charge is -2.20. The monoisotopic (exact) mass is 445 g/mol. The standard InChI is InChI=1S/C27H31N3O3/c1-27(2,3)30-26(32)21-10-7-11-23(18-21)29-25(31)19-28-22-12-14-24(15-13-22)33-17-16-20-8-5-4-6-9-20/h4-15,18,28H,16-17,19H2,1-3H3,(H,29,31)(H,30,32). The molecule has 0 atom stereocenters. The maximum atomic E-state index is 12.3. The summed E-state index contributed by atoms with van der Waals surface area (Å²) in [7, 11) is 0. The van der Waals surface area contributed by atoms with Gasteiger partial charge in [-0.25, -0.2) is 0 Å². The lowest BCUT2D eigenvalue weighted by atomic mass is 10.1. The topological polar surface area (TPSA) is 79.5 Å². The summed E-state index contributed by atoms with van der Waals surface area (Å²) < 4.78 is 5.79. The van der Waals surface area contributed by atoms with Crippen molar-refractivity contribution in [1.82, 2.24) is 5.32 Å². The molecule has 172 valence electrons. The summed E-state index contributed by atoms with van der Waals surface area (Å²) in [6, 6.07) is 24.6. The Morgan fingerprint density at radius 1 is 0.848 bits per heavy atom. The molecule has 0 spiro atoms. The van der Waals surface area contributed by atoms with Crippen LogP contribution >= 0.6 is 0 Å². The molecule has 3 aromatic rings. The van der Waals surface area contributed by atoms with Crippen molar-refractivity contribution >= 4 is 23.2 Å². The van der Waals surface area contributed by atoms with Gasteiger partial charge in [0, 0.05) is 28.9 Å². The maximum Gasteiger partial charge on any atom is 0.251 e. The first-order valence-electron chi connectivity index (χ1n) is 11.0. The smallest absolute Gasteiger partial charge is 0.251 e. The van der Waals surface area contributed by atoms with Crippen molar-refractivity contribution in [2.24, 2.45) is 0 Å². The van der Waals surface area contributed by atoms with E-state index in [4.69, 9.17) is 4.74 Å². The van der Waals surface area contributed by atoms with Crippen molar-refractivity contribution in [2.45, 2.75) is 32.7 Å². The van der Waals surface area contributed by atoms with Crippen LogP contribution in [-0.4, -0.2) is 30.5 Å². The fourth-order valence-electron chi connectivity index (χ4n) is 3.14. The van der Waals surface area contributed by atoms with Crippen LogP contribution in [0.25, 0.3) is 0 Å². The van der Waals surface area contributed by atoms with Gasteiger partial charge in [0.15, 0.2) is 0 Å². The highest BCUT2D eigenvalue weighted by atomic mass is 16.5. The van der Waals surface area contributed by atoms with Gasteiger partial charge in [-0.3, -0.25) is 9.59 Å². The Morgan fingerprint density at radius 3 is 2.27 bits per heavy atom. The Bertz CT molecular complexity index is 1060. The zero-order valence-electron chi connectivity index (χ0n) is 19.4. The van der Waals surface area contributed by atoms with E-state index in [9.17, 15) is 9.59 Å². The Morgan fingerprint density at radius 2 is 1.58 bits per heavy atom. The summed E-state index contributed by atoms with van der Waals surface area (Å²) >= 11 is 0. The third-order valence-electron chi connectivity index (χ3n) is 4.71. The van der Waals surface area contributed by atoms with Gasteiger partial charge in [-0.1, -0.05) is 36.4 Å². The maximum absolute atomic E-state index is 12.3. The first-order chi connectivity index (χ1) is 15.8. The molecule has 0 radical (unpaired) electrons. The molecule has 0 fully saturated rings. The molecule has 3 rings (SSSR count). The number of carbonyl (C=O) groups excluding carboxylic acids is 2. The highest BCUT2D eigenvalue weighted by molar-refractivity contribution is 5.98. The number of ether oxygens (including phenoxy) is 1. The zero-order chi connectivity index (χ0) is 23.7. The van der Waals surface area contributed by atoms with Crippen LogP contribution in [0.5, 0.6) is 5.75 Å². The molecule has 0 aliphatic heterocycles. The van der Waals surface area contributed by atoms with Gasteiger partial charge < -0.3 is 20.7 Å². The molecule has 33 heavy (non-hydrogen) atoms. The minimum atomic E-state index is -0.331.